The van der Waals surface area contributed by atoms with Crippen molar-refractivity contribution in [3.8, 4) is 0 Å². The van der Waals surface area contributed by atoms with Gasteiger partial charge in [-0.1, -0.05) is 25.1 Å². The maximum Gasteiger partial charge on any atom is 0.0421 e. The van der Waals surface area contributed by atoms with Crippen molar-refractivity contribution in [3.05, 3.63) is 59.9 Å². The molecule has 2 heteroatoms. The fraction of sp³-hybridized carbons (Fsp3) is 0.267. The van der Waals surface area contributed by atoms with Crippen molar-refractivity contribution in [2.75, 3.05) is 11.9 Å². The van der Waals surface area contributed by atoms with Crippen molar-refractivity contribution in [1.82, 2.24) is 4.98 Å². The Morgan fingerprint density at radius 3 is 2.82 bits per heavy atom. The molecule has 0 bridgehead atoms. The van der Waals surface area contributed by atoms with Crippen molar-refractivity contribution >= 4 is 5.69 Å². The lowest BCUT2D eigenvalue weighted by molar-refractivity contribution is 0.960. The molecular formula is C15H18N2. The molecule has 88 valence electrons. The number of aryl methyl sites for hydroxylation is 1. The van der Waals surface area contributed by atoms with E-state index in [2.05, 4.69) is 47.6 Å². The number of rotatable bonds is 5. The third-order valence-electron chi connectivity index (χ3n) is 2.77. The molecule has 2 rings (SSSR count). The van der Waals surface area contributed by atoms with Crippen LogP contribution in [0, 0.1) is 0 Å². The highest BCUT2D eigenvalue weighted by molar-refractivity contribution is 5.45. The number of benzene rings is 1. The molecule has 1 heterocycles. The zero-order chi connectivity index (χ0) is 11.9. The molecule has 0 fully saturated rings. The van der Waals surface area contributed by atoms with Crippen molar-refractivity contribution < 1.29 is 0 Å². The van der Waals surface area contributed by atoms with Gasteiger partial charge < -0.3 is 5.32 Å². The highest BCUT2D eigenvalue weighted by atomic mass is 14.9. The van der Waals surface area contributed by atoms with E-state index in [0.29, 0.717) is 0 Å². The molecule has 2 aromatic rings. The smallest absolute Gasteiger partial charge is 0.0421 e. The number of nitrogens with one attached hydrogen (secondary N) is 1. The van der Waals surface area contributed by atoms with Crippen LogP contribution in [0.25, 0.3) is 0 Å². The van der Waals surface area contributed by atoms with E-state index in [4.69, 9.17) is 0 Å². The fourth-order valence-corrected chi connectivity index (χ4v) is 1.78. The molecule has 0 spiro atoms. The first-order valence-electron chi connectivity index (χ1n) is 6.11. The molecule has 17 heavy (non-hydrogen) atoms. The molecule has 1 aromatic carbocycles. The standard InChI is InChI=1S/C15H18N2/c1-2-13-6-5-8-15(12-13)17-11-9-14-7-3-4-10-16-14/h3-8,10,12,17H,2,9,11H2,1H3. The normalized spacial score (nSPS) is 10.2. The van der Waals surface area contributed by atoms with E-state index in [1.165, 1.54) is 11.3 Å². The van der Waals surface area contributed by atoms with Gasteiger partial charge in [0.25, 0.3) is 0 Å². The van der Waals surface area contributed by atoms with E-state index in [1.54, 1.807) is 0 Å². The topological polar surface area (TPSA) is 24.9 Å². The summed E-state index contributed by atoms with van der Waals surface area (Å²) in [5, 5.41) is 3.43. The second-order valence-electron chi connectivity index (χ2n) is 4.05. The van der Waals surface area contributed by atoms with Crippen LogP contribution in [0.4, 0.5) is 5.69 Å². The highest BCUT2D eigenvalue weighted by Gasteiger charge is 1.95. The van der Waals surface area contributed by atoms with Crippen LogP contribution in [0.15, 0.2) is 48.7 Å². The molecule has 0 aliphatic carbocycles. The average Bonchev–Trinajstić information content (AvgIpc) is 2.40. The molecule has 0 radical (unpaired) electrons. The van der Waals surface area contributed by atoms with Crippen LogP contribution in [0.1, 0.15) is 18.2 Å². The maximum atomic E-state index is 4.30. The quantitative estimate of drug-likeness (QED) is 0.846. The summed E-state index contributed by atoms with van der Waals surface area (Å²) in [6.45, 7) is 3.09. The number of nitrogens with zero attached hydrogens (tertiary/aromatic N) is 1. The van der Waals surface area contributed by atoms with Crippen LogP contribution >= 0.6 is 0 Å². The number of aromatic nitrogens is 1. The largest absolute Gasteiger partial charge is 0.385 e. The average molecular weight is 226 g/mol. The zero-order valence-electron chi connectivity index (χ0n) is 10.2. The van der Waals surface area contributed by atoms with Gasteiger partial charge >= 0.3 is 0 Å². The number of hydrogen-bond acceptors (Lipinski definition) is 2. The minimum atomic E-state index is 0.921. The van der Waals surface area contributed by atoms with Crippen LogP contribution < -0.4 is 5.32 Å². The Morgan fingerprint density at radius 1 is 1.12 bits per heavy atom. The van der Waals surface area contributed by atoms with Crippen LogP contribution in [0.5, 0.6) is 0 Å². The second-order valence-corrected chi connectivity index (χ2v) is 4.05. The van der Waals surface area contributed by atoms with Gasteiger partial charge in [0.05, 0.1) is 0 Å². The summed E-state index contributed by atoms with van der Waals surface area (Å²) in [5.74, 6) is 0. The lowest BCUT2D eigenvalue weighted by Crippen LogP contribution is -2.05. The number of pyridine rings is 1. The van der Waals surface area contributed by atoms with Gasteiger partial charge in [0, 0.05) is 30.5 Å². The predicted molar refractivity (Wildman–Crippen MR) is 72.3 cm³/mol. The first-order chi connectivity index (χ1) is 8.38. The summed E-state index contributed by atoms with van der Waals surface area (Å²) in [6.07, 6.45) is 3.87. The van der Waals surface area contributed by atoms with Crippen molar-refractivity contribution in [2.24, 2.45) is 0 Å². The number of anilines is 1. The van der Waals surface area contributed by atoms with Crippen LogP contribution in [-0.2, 0) is 12.8 Å². The van der Waals surface area contributed by atoms with Crippen LogP contribution in [-0.4, -0.2) is 11.5 Å². The summed E-state index contributed by atoms with van der Waals surface area (Å²) < 4.78 is 0. The Bertz CT molecular complexity index is 451. The summed E-state index contributed by atoms with van der Waals surface area (Å²) in [6, 6.07) is 14.6. The lowest BCUT2D eigenvalue weighted by atomic mass is 10.1. The summed E-state index contributed by atoms with van der Waals surface area (Å²) >= 11 is 0. The van der Waals surface area contributed by atoms with Gasteiger partial charge in [-0.15, -0.1) is 0 Å². The molecule has 0 aliphatic heterocycles. The molecule has 1 N–H and O–H groups in total. The van der Waals surface area contributed by atoms with Crippen LogP contribution in [0.2, 0.25) is 0 Å². The first-order valence-corrected chi connectivity index (χ1v) is 6.11. The summed E-state index contributed by atoms with van der Waals surface area (Å²) in [5.41, 5.74) is 3.69. The van der Waals surface area contributed by atoms with E-state index in [1.807, 2.05) is 18.3 Å². The Hall–Kier alpha value is -1.83. The summed E-state index contributed by atoms with van der Waals surface area (Å²) in [4.78, 5) is 4.30. The van der Waals surface area contributed by atoms with Crippen molar-refractivity contribution in [3.63, 3.8) is 0 Å². The first kappa shape index (κ1) is 11.6. The van der Waals surface area contributed by atoms with Crippen molar-refractivity contribution in [1.29, 1.82) is 0 Å². The Morgan fingerprint density at radius 2 is 2.06 bits per heavy atom. The van der Waals surface area contributed by atoms with E-state index >= 15 is 0 Å². The zero-order valence-corrected chi connectivity index (χ0v) is 10.2. The minimum Gasteiger partial charge on any atom is -0.385 e. The molecule has 0 atom stereocenters. The molecule has 0 aliphatic rings. The second kappa shape index (κ2) is 6.04. The van der Waals surface area contributed by atoms with Gasteiger partial charge in [0.1, 0.15) is 0 Å². The molecule has 0 amide bonds. The molecule has 0 saturated carbocycles. The molecule has 0 saturated heterocycles. The fourth-order valence-electron chi connectivity index (χ4n) is 1.78. The van der Waals surface area contributed by atoms with Crippen molar-refractivity contribution in [2.45, 2.75) is 19.8 Å². The summed E-state index contributed by atoms with van der Waals surface area (Å²) in [7, 11) is 0. The monoisotopic (exact) mass is 226 g/mol. The van der Waals surface area contributed by atoms with E-state index in [0.717, 1.165) is 25.1 Å². The van der Waals surface area contributed by atoms with E-state index in [-0.39, 0.29) is 0 Å². The highest BCUT2D eigenvalue weighted by Crippen LogP contribution is 2.10. The third-order valence-corrected chi connectivity index (χ3v) is 2.77. The molecule has 0 unspecified atom stereocenters. The Labute approximate surface area is 103 Å². The van der Waals surface area contributed by atoms with Gasteiger partial charge in [0.15, 0.2) is 0 Å². The Kier molecular flexibility index (Phi) is 4.14. The third kappa shape index (κ3) is 3.59. The van der Waals surface area contributed by atoms with E-state index in [9.17, 15) is 0 Å². The van der Waals surface area contributed by atoms with Gasteiger partial charge in [-0.3, -0.25) is 4.98 Å². The number of hydrogen-bond donors (Lipinski definition) is 1. The molecular weight excluding hydrogens is 208 g/mol. The molecule has 2 nitrogen and oxygen atoms in total. The lowest BCUT2D eigenvalue weighted by Gasteiger charge is -2.07. The SMILES string of the molecule is CCc1cccc(NCCc2ccccn2)c1. The Balaban J connectivity index is 1.86. The van der Waals surface area contributed by atoms with Gasteiger partial charge in [-0.05, 0) is 36.2 Å². The predicted octanol–water partition coefficient (Wildman–Crippen LogP) is 3.30. The van der Waals surface area contributed by atoms with Gasteiger partial charge in [-0.2, -0.15) is 0 Å². The van der Waals surface area contributed by atoms with E-state index < -0.39 is 0 Å². The van der Waals surface area contributed by atoms with Gasteiger partial charge in [0.2, 0.25) is 0 Å². The minimum absolute atomic E-state index is 0.921. The molecule has 1 aromatic heterocycles. The van der Waals surface area contributed by atoms with Crippen LogP contribution in [0.3, 0.4) is 0 Å². The maximum absolute atomic E-state index is 4.30. The van der Waals surface area contributed by atoms with Gasteiger partial charge in [-0.25, -0.2) is 0 Å².